The SMILES string of the molecule is O=C(O)CCC[C@@H](NC(=O)CCC1CCCC1)C(=O)O. The summed E-state index contributed by atoms with van der Waals surface area (Å²) in [6.07, 6.45) is 6.25. The van der Waals surface area contributed by atoms with E-state index in [1.807, 2.05) is 0 Å². The van der Waals surface area contributed by atoms with E-state index in [2.05, 4.69) is 5.32 Å². The number of carboxylic acids is 2. The van der Waals surface area contributed by atoms with Crippen molar-refractivity contribution in [3.63, 3.8) is 0 Å². The molecule has 6 nitrogen and oxygen atoms in total. The molecule has 1 saturated carbocycles. The minimum Gasteiger partial charge on any atom is -0.481 e. The first-order valence-electron chi connectivity index (χ1n) is 7.23. The first kappa shape index (κ1) is 16.5. The van der Waals surface area contributed by atoms with Gasteiger partial charge in [0.05, 0.1) is 0 Å². The number of hydrogen-bond acceptors (Lipinski definition) is 3. The van der Waals surface area contributed by atoms with Crippen LogP contribution in [0.15, 0.2) is 0 Å². The molecule has 0 bridgehead atoms. The molecule has 0 spiro atoms. The fraction of sp³-hybridized carbons (Fsp3) is 0.786. The molecule has 0 saturated heterocycles. The molecule has 1 aliphatic carbocycles. The van der Waals surface area contributed by atoms with E-state index in [4.69, 9.17) is 10.2 Å². The highest BCUT2D eigenvalue weighted by Gasteiger charge is 2.21. The standard InChI is InChI=1S/C14H23NO5/c16-12(9-8-10-4-1-2-5-10)15-11(14(19)20)6-3-7-13(17)18/h10-11H,1-9H2,(H,15,16)(H,17,18)(H,19,20)/t11-/m1/s1. The van der Waals surface area contributed by atoms with Gasteiger partial charge in [-0.05, 0) is 25.2 Å². The summed E-state index contributed by atoms with van der Waals surface area (Å²) in [5.74, 6) is -1.72. The molecule has 0 aliphatic heterocycles. The lowest BCUT2D eigenvalue weighted by molar-refractivity contribution is -0.142. The Labute approximate surface area is 118 Å². The maximum atomic E-state index is 11.7. The zero-order valence-electron chi connectivity index (χ0n) is 11.6. The zero-order chi connectivity index (χ0) is 15.0. The van der Waals surface area contributed by atoms with E-state index in [1.54, 1.807) is 0 Å². The van der Waals surface area contributed by atoms with Crippen LogP contribution in [-0.2, 0) is 14.4 Å². The topological polar surface area (TPSA) is 104 Å². The van der Waals surface area contributed by atoms with E-state index in [0.29, 0.717) is 12.3 Å². The average Bonchev–Trinajstić information content (AvgIpc) is 2.87. The number of carboxylic acid groups (broad SMARTS) is 2. The molecule has 0 radical (unpaired) electrons. The Morgan fingerprint density at radius 1 is 1.10 bits per heavy atom. The number of carbonyl (C=O) groups excluding carboxylic acids is 1. The normalized spacial score (nSPS) is 16.8. The van der Waals surface area contributed by atoms with Crippen molar-refractivity contribution < 1.29 is 24.6 Å². The molecule has 0 aromatic rings. The second kappa shape index (κ2) is 8.55. The predicted octanol–water partition coefficient (Wildman–Crippen LogP) is 1.78. The minimum atomic E-state index is -1.11. The van der Waals surface area contributed by atoms with Gasteiger partial charge in [-0.1, -0.05) is 25.7 Å². The summed E-state index contributed by atoms with van der Waals surface area (Å²) in [5.41, 5.74) is 0. The van der Waals surface area contributed by atoms with Crippen molar-refractivity contribution in [2.45, 2.75) is 63.8 Å². The summed E-state index contributed by atoms with van der Waals surface area (Å²) in [6, 6.07) is -0.981. The number of rotatable bonds is 9. The Kier molecular flexibility index (Phi) is 7.04. The predicted molar refractivity (Wildman–Crippen MR) is 72.2 cm³/mol. The van der Waals surface area contributed by atoms with Crippen LogP contribution in [0.3, 0.4) is 0 Å². The third-order valence-corrected chi connectivity index (χ3v) is 3.77. The van der Waals surface area contributed by atoms with Crippen LogP contribution in [0.4, 0.5) is 0 Å². The first-order valence-corrected chi connectivity index (χ1v) is 7.23. The number of amides is 1. The van der Waals surface area contributed by atoms with Crippen molar-refractivity contribution in [2.75, 3.05) is 0 Å². The molecule has 0 heterocycles. The van der Waals surface area contributed by atoms with Gasteiger partial charge in [0, 0.05) is 12.8 Å². The lowest BCUT2D eigenvalue weighted by Gasteiger charge is -2.15. The summed E-state index contributed by atoms with van der Waals surface area (Å²) >= 11 is 0. The van der Waals surface area contributed by atoms with Gasteiger partial charge in [-0.25, -0.2) is 4.79 Å². The van der Waals surface area contributed by atoms with Gasteiger partial charge in [-0.2, -0.15) is 0 Å². The summed E-state index contributed by atoms with van der Waals surface area (Å²) in [6.45, 7) is 0. The minimum absolute atomic E-state index is 0.0816. The summed E-state index contributed by atoms with van der Waals surface area (Å²) < 4.78 is 0. The Hall–Kier alpha value is -1.59. The van der Waals surface area contributed by atoms with E-state index in [9.17, 15) is 14.4 Å². The third kappa shape index (κ3) is 6.54. The van der Waals surface area contributed by atoms with Crippen molar-refractivity contribution in [1.29, 1.82) is 0 Å². The van der Waals surface area contributed by atoms with Crippen LogP contribution in [0.5, 0.6) is 0 Å². The van der Waals surface area contributed by atoms with Crippen molar-refractivity contribution in [2.24, 2.45) is 5.92 Å². The van der Waals surface area contributed by atoms with Crippen molar-refractivity contribution in [1.82, 2.24) is 5.32 Å². The lowest BCUT2D eigenvalue weighted by atomic mass is 10.0. The monoisotopic (exact) mass is 285 g/mol. The van der Waals surface area contributed by atoms with Crippen molar-refractivity contribution in [3.8, 4) is 0 Å². The number of hydrogen-bond donors (Lipinski definition) is 3. The van der Waals surface area contributed by atoms with Gasteiger partial charge >= 0.3 is 11.9 Å². The van der Waals surface area contributed by atoms with Crippen LogP contribution < -0.4 is 5.32 Å². The molecular weight excluding hydrogens is 262 g/mol. The van der Waals surface area contributed by atoms with Gasteiger partial charge in [0.15, 0.2) is 0 Å². The van der Waals surface area contributed by atoms with Gasteiger partial charge in [0.25, 0.3) is 0 Å². The molecule has 6 heteroatoms. The van der Waals surface area contributed by atoms with Gasteiger partial charge in [-0.3, -0.25) is 9.59 Å². The molecule has 114 valence electrons. The molecular formula is C14H23NO5. The van der Waals surface area contributed by atoms with Crippen LogP contribution in [0.1, 0.15) is 57.8 Å². The van der Waals surface area contributed by atoms with E-state index >= 15 is 0 Å². The highest BCUT2D eigenvalue weighted by Crippen LogP contribution is 2.28. The van der Waals surface area contributed by atoms with Crippen LogP contribution >= 0.6 is 0 Å². The Bertz CT molecular complexity index is 349. The highest BCUT2D eigenvalue weighted by atomic mass is 16.4. The third-order valence-electron chi connectivity index (χ3n) is 3.77. The molecule has 0 aromatic carbocycles. The van der Waals surface area contributed by atoms with Crippen LogP contribution in [0.2, 0.25) is 0 Å². The molecule has 1 amide bonds. The van der Waals surface area contributed by atoms with Crippen molar-refractivity contribution >= 4 is 17.8 Å². The molecule has 1 atom stereocenters. The number of nitrogens with one attached hydrogen (secondary N) is 1. The first-order chi connectivity index (χ1) is 9.49. The van der Waals surface area contributed by atoms with Crippen LogP contribution in [0, 0.1) is 5.92 Å². The highest BCUT2D eigenvalue weighted by molar-refractivity contribution is 5.83. The molecule has 1 rings (SSSR count). The largest absolute Gasteiger partial charge is 0.481 e. The Balaban J connectivity index is 2.26. The van der Waals surface area contributed by atoms with E-state index < -0.39 is 18.0 Å². The van der Waals surface area contributed by atoms with E-state index in [0.717, 1.165) is 19.3 Å². The molecule has 0 aromatic heterocycles. The summed E-state index contributed by atoms with van der Waals surface area (Å²) in [7, 11) is 0. The average molecular weight is 285 g/mol. The van der Waals surface area contributed by atoms with E-state index in [-0.39, 0.29) is 25.2 Å². The molecule has 1 fully saturated rings. The fourth-order valence-corrected chi connectivity index (χ4v) is 2.62. The molecule has 1 aliphatic rings. The van der Waals surface area contributed by atoms with Gasteiger partial charge in [0.1, 0.15) is 6.04 Å². The zero-order valence-corrected chi connectivity index (χ0v) is 11.6. The fourth-order valence-electron chi connectivity index (χ4n) is 2.62. The maximum absolute atomic E-state index is 11.7. The summed E-state index contributed by atoms with van der Waals surface area (Å²) in [4.78, 5) is 33.1. The van der Waals surface area contributed by atoms with E-state index in [1.165, 1.54) is 12.8 Å². The van der Waals surface area contributed by atoms with Crippen molar-refractivity contribution in [3.05, 3.63) is 0 Å². The van der Waals surface area contributed by atoms with Crippen LogP contribution in [0.25, 0.3) is 0 Å². The second-order valence-corrected chi connectivity index (χ2v) is 5.43. The molecule has 20 heavy (non-hydrogen) atoms. The summed E-state index contributed by atoms with van der Waals surface area (Å²) in [5, 5.41) is 20.0. The lowest BCUT2D eigenvalue weighted by Crippen LogP contribution is -2.40. The second-order valence-electron chi connectivity index (χ2n) is 5.43. The quantitative estimate of drug-likeness (QED) is 0.599. The molecule has 0 unspecified atom stereocenters. The number of aliphatic carboxylic acids is 2. The smallest absolute Gasteiger partial charge is 0.326 e. The Morgan fingerprint density at radius 2 is 1.75 bits per heavy atom. The van der Waals surface area contributed by atoms with Crippen LogP contribution in [-0.4, -0.2) is 34.1 Å². The van der Waals surface area contributed by atoms with Gasteiger partial charge in [0.2, 0.25) is 5.91 Å². The Morgan fingerprint density at radius 3 is 2.30 bits per heavy atom. The maximum Gasteiger partial charge on any atom is 0.326 e. The molecule has 3 N–H and O–H groups in total. The van der Waals surface area contributed by atoms with Gasteiger partial charge < -0.3 is 15.5 Å². The van der Waals surface area contributed by atoms with Gasteiger partial charge in [-0.15, -0.1) is 0 Å². The number of carbonyl (C=O) groups is 3.